The van der Waals surface area contributed by atoms with Crippen molar-refractivity contribution >= 4 is 5.97 Å². The van der Waals surface area contributed by atoms with Crippen LogP contribution < -0.4 is 0 Å². The molecule has 0 aromatic rings. The fourth-order valence-electron chi connectivity index (χ4n) is 7.79. The highest BCUT2D eigenvalue weighted by Crippen LogP contribution is 2.67. The van der Waals surface area contributed by atoms with E-state index in [2.05, 4.69) is 26.8 Å². The molecule has 0 aromatic carbocycles. The number of ether oxygens (including phenoxy) is 1. The minimum Gasteiger partial charge on any atom is -0.500 e. The second kappa shape index (κ2) is 7.54. The fourth-order valence-corrected chi connectivity index (χ4v) is 7.79. The predicted octanol–water partition coefficient (Wildman–Crippen LogP) is 6.35. The van der Waals surface area contributed by atoms with Crippen LogP contribution in [-0.2, 0) is 9.53 Å². The maximum atomic E-state index is 10.6. The van der Waals surface area contributed by atoms with Gasteiger partial charge in [0.15, 0.2) is 0 Å². The zero-order chi connectivity index (χ0) is 19.9. The van der Waals surface area contributed by atoms with Crippen molar-refractivity contribution in [1.82, 2.24) is 0 Å². The molecule has 1 N–H and O–H groups in total. The van der Waals surface area contributed by atoms with Gasteiger partial charge in [0, 0.05) is 0 Å². The molecule has 0 amide bonds. The summed E-state index contributed by atoms with van der Waals surface area (Å²) in [6, 6.07) is 0. The van der Waals surface area contributed by atoms with Gasteiger partial charge in [-0.05, 0) is 91.4 Å². The molecule has 0 heterocycles. The lowest BCUT2D eigenvalue weighted by molar-refractivity contribution is -0.137. The third-order valence-electron chi connectivity index (χ3n) is 9.39. The van der Waals surface area contributed by atoms with E-state index in [1.54, 1.807) is 5.57 Å². The highest BCUT2D eigenvalue weighted by atomic mass is 16.5. The summed E-state index contributed by atoms with van der Waals surface area (Å²) in [5.74, 6) is 2.89. The number of hydrogen-bond acceptors (Lipinski definition) is 2. The Morgan fingerprint density at radius 2 is 2.00 bits per heavy atom. The van der Waals surface area contributed by atoms with Crippen molar-refractivity contribution < 1.29 is 14.6 Å². The highest BCUT2D eigenvalue weighted by molar-refractivity contribution is 5.66. The molecule has 4 aliphatic rings. The van der Waals surface area contributed by atoms with Crippen LogP contribution in [0.1, 0.15) is 85.0 Å². The molecule has 3 saturated carbocycles. The molecule has 0 spiro atoms. The molecule has 156 valence electrons. The highest BCUT2D eigenvalue weighted by Gasteiger charge is 2.58. The molecule has 0 bridgehead atoms. The second-order valence-electron chi connectivity index (χ2n) is 10.4. The van der Waals surface area contributed by atoms with Crippen molar-refractivity contribution in [2.75, 3.05) is 6.61 Å². The van der Waals surface area contributed by atoms with Crippen LogP contribution in [0, 0.1) is 34.5 Å². The summed E-state index contributed by atoms with van der Waals surface area (Å²) in [4.78, 5) is 10.6. The van der Waals surface area contributed by atoms with Gasteiger partial charge in [-0.15, -0.1) is 0 Å². The lowest BCUT2D eigenvalue weighted by Crippen LogP contribution is -2.50. The van der Waals surface area contributed by atoms with Crippen molar-refractivity contribution in [2.24, 2.45) is 34.5 Å². The van der Waals surface area contributed by atoms with Gasteiger partial charge in [0.2, 0.25) is 0 Å². The minimum atomic E-state index is -0.798. The van der Waals surface area contributed by atoms with E-state index in [9.17, 15) is 4.79 Å². The fraction of sp³-hybridized carbons (Fsp3) is 0.800. The topological polar surface area (TPSA) is 46.5 Å². The van der Waals surface area contributed by atoms with E-state index < -0.39 is 5.97 Å². The average molecular weight is 387 g/mol. The number of fused-ring (bicyclic) bond motifs is 5. The van der Waals surface area contributed by atoms with Gasteiger partial charge in [-0.3, -0.25) is 4.79 Å². The quantitative estimate of drug-likeness (QED) is 0.442. The number of hydrogen-bond donors (Lipinski definition) is 1. The Labute approximate surface area is 170 Å². The van der Waals surface area contributed by atoms with Crippen molar-refractivity contribution in [1.29, 1.82) is 0 Å². The van der Waals surface area contributed by atoms with Crippen molar-refractivity contribution in [2.45, 2.75) is 85.0 Å². The van der Waals surface area contributed by atoms with E-state index in [0.29, 0.717) is 10.8 Å². The smallest absolute Gasteiger partial charge is 0.306 e. The molecular weight excluding hydrogens is 348 g/mol. The summed E-state index contributed by atoms with van der Waals surface area (Å²) in [6.45, 7) is 7.84. The van der Waals surface area contributed by atoms with Gasteiger partial charge in [0.25, 0.3) is 0 Å². The Hall–Kier alpha value is -1.25. The molecule has 0 saturated heterocycles. The molecule has 3 heteroatoms. The van der Waals surface area contributed by atoms with Gasteiger partial charge < -0.3 is 9.84 Å². The first-order chi connectivity index (χ1) is 13.4. The Bertz CT molecular complexity index is 677. The third-order valence-corrected chi connectivity index (χ3v) is 9.39. The molecule has 28 heavy (non-hydrogen) atoms. The lowest BCUT2D eigenvalue weighted by Gasteiger charge is -2.58. The summed E-state index contributed by atoms with van der Waals surface area (Å²) >= 11 is 0. The molecule has 3 unspecified atom stereocenters. The first-order valence-electron chi connectivity index (χ1n) is 11.6. The van der Waals surface area contributed by atoms with E-state index in [4.69, 9.17) is 9.84 Å². The predicted molar refractivity (Wildman–Crippen MR) is 112 cm³/mol. The SMILES string of the molecule is CC[C@H]1CCC2C3CCC4=C/C(=C\OCCC(=O)O)CC[C@]4(C)C3CC[C@@]21C. The Kier molecular flexibility index (Phi) is 5.39. The van der Waals surface area contributed by atoms with E-state index in [-0.39, 0.29) is 13.0 Å². The summed E-state index contributed by atoms with van der Waals surface area (Å²) in [7, 11) is 0. The number of allylic oxidation sites excluding steroid dienone is 3. The van der Waals surface area contributed by atoms with Crippen molar-refractivity contribution in [3.63, 3.8) is 0 Å². The maximum absolute atomic E-state index is 10.6. The van der Waals surface area contributed by atoms with E-state index in [1.807, 2.05) is 6.26 Å². The van der Waals surface area contributed by atoms with Gasteiger partial charge in [0.05, 0.1) is 19.3 Å². The third kappa shape index (κ3) is 3.23. The molecule has 4 aliphatic carbocycles. The Balaban J connectivity index is 1.49. The van der Waals surface area contributed by atoms with Crippen LogP contribution in [0.25, 0.3) is 0 Å². The molecule has 0 radical (unpaired) electrons. The number of aliphatic carboxylic acids is 1. The average Bonchev–Trinajstić information content (AvgIpc) is 3.01. The molecule has 0 aromatic heterocycles. The normalized spacial score (nSPS) is 43.7. The molecule has 4 rings (SSSR count). The summed E-state index contributed by atoms with van der Waals surface area (Å²) in [6.07, 6.45) is 16.3. The summed E-state index contributed by atoms with van der Waals surface area (Å²) in [5.41, 5.74) is 3.86. The Morgan fingerprint density at radius 1 is 1.18 bits per heavy atom. The van der Waals surface area contributed by atoms with Crippen LogP contribution in [-0.4, -0.2) is 17.7 Å². The zero-order valence-electron chi connectivity index (χ0n) is 18.0. The minimum absolute atomic E-state index is 0.0702. The van der Waals surface area contributed by atoms with Crippen LogP contribution in [0.15, 0.2) is 23.5 Å². The van der Waals surface area contributed by atoms with Crippen LogP contribution in [0.5, 0.6) is 0 Å². The van der Waals surface area contributed by atoms with Crippen LogP contribution in [0.2, 0.25) is 0 Å². The largest absolute Gasteiger partial charge is 0.500 e. The van der Waals surface area contributed by atoms with Gasteiger partial charge in [-0.2, -0.15) is 0 Å². The molecule has 3 fully saturated rings. The van der Waals surface area contributed by atoms with Crippen molar-refractivity contribution in [3.05, 3.63) is 23.5 Å². The molecule has 6 atom stereocenters. The van der Waals surface area contributed by atoms with Gasteiger partial charge in [0.1, 0.15) is 0 Å². The van der Waals surface area contributed by atoms with Gasteiger partial charge in [-0.1, -0.05) is 38.8 Å². The van der Waals surface area contributed by atoms with E-state index >= 15 is 0 Å². The first-order valence-corrected chi connectivity index (χ1v) is 11.6. The summed E-state index contributed by atoms with van der Waals surface area (Å²) in [5, 5.41) is 8.75. The Morgan fingerprint density at radius 3 is 2.75 bits per heavy atom. The second-order valence-corrected chi connectivity index (χ2v) is 10.4. The number of carboxylic acids is 1. The standard InChI is InChI=1S/C25H38O3/c1-4-18-6-8-21-20-7-5-19-15-17(16-28-14-11-23(26)27)9-12-25(19,3)22(20)10-13-24(18,21)2/h15-16,18,20-22H,4-14H2,1-3H3,(H,26,27)/b17-16-/t18-,20?,21?,22?,24+,25-/m0/s1. The van der Waals surface area contributed by atoms with Gasteiger partial charge in [-0.25, -0.2) is 0 Å². The first kappa shape index (κ1) is 20.0. The number of carboxylic acid groups (broad SMARTS) is 1. The van der Waals surface area contributed by atoms with E-state index in [1.165, 1.54) is 56.9 Å². The van der Waals surface area contributed by atoms with Crippen LogP contribution >= 0.6 is 0 Å². The van der Waals surface area contributed by atoms with Crippen LogP contribution in [0.4, 0.5) is 0 Å². The van der Waals surface area contributed by atoms with Crippen molar-refractivity contribution in [3.8, 4) is 0 Å². The monoisotopic (exact) mass is 386 g/mol. The molecule has 0 aliphatic heterocycles. The van der Waals surface area contributed by atoms with Gasteiger partial charge >= 0.3 is 5.97 Å². The summed E-state index contributed by atoms with van der Waals surface area (Å²) < 4.78 is 5.51. The lowest BCUT2D eigenvalue weighted by atomic mass is 9.46. The zero-order valence-corrected chi connectivity index (χ0v) is 18.0. The van der Waals surface area contributed by atoms with Crippen LogP contribution in [0.3, 0.4) is 0 Å². The number of carbonyl (C=O) groups is 1. The number of rotatable bonds is 5. The van der Waals surface area contributed by atoms with E-state index in [0.717, 1.165) is 30.1 Å². The maximum Gasteiger partial charge on any atom is 0.306 e. The molecular formula is C25H38O3. The molecule has 3 nitrogen and oxygen atoms in total.